The Balaban J connectivity index is 1.84. The van der Waals surface area contributed by atoms with Crippen molar-refractivity contribution in [3.05, 3.63) is 35.9 Å². The van der Waals surface area contributed by atoms with Gasteiger partial charge in [0.15, 0.2) is 0 Å². The summed E-state index contributed by atoms with van der Waals surface area (Å²) in [5, 5.41) is 14.4. The molecule has 19 heavy (non-hydrogen) atoms. The van der Waals surface area contributed by atoms with Crippen LogP contribution in [-0.2, 0) is 16.0 Å². The van der Waals surface area contributed by atoms with E-state index in [2.05, 4.69) is 10.6 Å². The minimum atomic E-state index is -0.487. The van der Waals surface area contributed by atoms with Crippen LogP contribution >= 0.6 is 0 Å². The van der Waals surface area contributed by atoms with E-state index in [4.69, 9.17) is 5.11 Å². The van der Waals surface area contributed by atoms with Crippen LogP contribution in [0.3, 0.4) is 0 Å². The summed E-state index contributed by atoms with van der Waals surface area (Å²) in [5.74, 6) is -0.375. The van der Waals surface area contributed by atoms with E-state index in [1.165, 1.54) is 0 Å². The van der Waals surface area contributed by atoms with Gasteiger partial charge in [0.05, 0.1) is 19.1 Å². The van der Waals surface area contributed by atoms with E-state index in [1.54, 1.807) is 0 Å². The van der Waals surface area contributed by atoms with Crippen molar-refractivity contribution in [2.24, 2.45) is 0 Å². The molecule has 5 heteroatoms. The fourth-order valence-electron chi connectivity index (χ4n) is 2.17. The van der Waals surface area contributed by atoms with Gasteiger partial charge in [0, 0.05) is 0 Å². The predicted molar refractivity (Wildman–Crippen MR) is 70.3 cm³/mol. The Bertz CT molecular complexity index is 447. The Morgan fingerprint density at radius 3 is 2.68 bits per heavy atom. The molecule has 2 amide bonds. The van der Waals surface area contributed by atoms with Gasteiger partial charge in [-0.1, -0.05) is 30.3 Å². The number of amides is 2. The average Bonchev–Trinajstić information content (AvgIpc) is 2.42. The lowest BCUT2D eigenvalue weighted by Crippen LogP contribution is -2.55. The minimum absolute atomic E-state index is 0.0591. The van der Waals surface area contributed by atoms with Crippen molar-refractivity contribution in [2.45, 2.75) is 31.3 Å². The molecule has 0 radical (unpaired) electrons. The highest BCUT2D eigenvalue weighted by molar-refractivity contribution is 5.89. The van der Waals surface area contributed by atoms with Crippen molar-refractivity contribution < 1.29 is 14.7 Å². The van der Waals surface area contributed by atoms with Crippen molar-refractivity contribution >= 4 is 11.8 Å². The normalized spacial score (nSPS) is 22.7. The molecule has 0 bridgehead atoms. The van der Waals surface area contributed by atoms with Crippen LogP contribution in [-0.4, -0.2) is 35.6 Å². The number of carbonyl (C=O) groups is 2. The van der Waals surface area contributed by atoms with Crippen molar-refractivity contribution in [3.63, 3.8) is 0 Å². The van der Waals surface area contributed by atoms with Crippen molar-refractivity contribution in [3.8, 4) is 0 Å². The van der Waals surface area contributed by atoms with Gasteiger partial charge in [-0.2, -0.15) is 0 Å². The molecule has 2 atom stereocenters. The monoisotopic (exact) mass is 262 g/mol. The van der Waals surface area contributed by atoms with Crippen LogP contribution in [0.5, 0.6) is 0 Å². The molecule has 0 unspecified atom stereocenters. The Hall–Kier alpha value is -1.88. The number of nitrogens with one attached hydrogen (secondary N) is 2. The summed E-state index contributed by atoms with van der Waals surface area (Å²) >= 11 is 0. The molecule has 1 fully saturated rings. The molecule has 1 aliphatic heterocycles. The summed E-state index contributed by atoms with van der Waals surface area (Å²) in [7, 11) is 0. The fourth-order valence-corrected chi connectivity index (χ4v) is 2.17. The minimum Gasteiger partial charge on any atom is -0.394 e. The number of carbonyl (C=O) groups excluding carboxylic acids is 2. The van der Waals surface area contributed by atoms with Crippen molar-refractivity contribution in [1.82, 2.24) is 10.6 Å². The maximum absolute atomic E-state index is 11.8. The first-order valence-electron chi connectivity index (χ1n) is 6.43. The van der Waals surface area contributed by atoms with E-state index in [1.807, 2.05) is 30.3 Å². The number of aliphatic hydroxyl groups is 1. The lowest BCUT2D eigenvalue weighted by molar-refractivity contribution is -0.131. The number of benzene rings is 1. The first-order valence-corrected chi connectivity index (χ1v) is 6.43. The zero-order valence-corrected chi connectivity index (χ0v) is 10.6. The highest BCUT2D eigenvalue weighted by atomic mass is 16.3. The third-order valence-electron chi connectivity index (χ3n) is 3.23. The van der Waals surface area contributed by atoms with Gasteiger partial charge in [-0.15, -0.1) is 0 Å². The van der Waals surface area contributed by atoms with Crippen LogP contribution in [0.25, 0.3) is 0 Å². The first kappa shape index (κ1) is 13.5. The molecule has 1 aliphatic rings. The smallest absolute Gasteiger partial charge is 0.242 e. The van der Waals surface area contributed by atoms with Gasteiger partial charge in [-0.05, 0) is 18.4 Å². The standard InChI is InChI=1S/C14H18N2O3/c17-9-11-6-7-12(14(19)15-11)16-13(18)8-10-4-2-1-3-5-10/h1-5,11-12,17H,6-9H2,(H,15,19)(H,16,18)/t11-,12-/m0/s1. The SMILES string of the molecule is O=C(Cc1ccccc1)N[C@H]1CC[C@@H](CO)NC1=O. The van der Waals surface area contributed by atoms with E-state index in [9.17, 15) is 9.59 Å². The first-order chi connectivity index (χ1) is 9.19. The highest BCUT2D eigenvalue weighted by Gasteiger charge is 2.28. The van der Waals surface area contributed by atoms with Gasteiger partial charge in [0.2, 0.25) is 11.8 Å². The van der Waals surface area contributed by atoms with E-state index in [0.29, 0.717) is 12.8 Å². The van der Waals surface area contributed by atoms with E-state index >= 15 is 0 Å². The molecule has 1 saturated heterocycles. The van der Waals surface area contributed by atoms with Gasteiger partial charge in [-0.25, -0.2) is 0 Å². The zero-order chi connectivity index (χ0) is 13.7. The number of hydrogen-bond donors (Lipinski definition) is 3. The van der Waals surface area contributed by atoms with Crippen LogP contribution in [0.2, 0.25) is 0 Å². The van der Waals surface area contributed by atoms with Crippen molar-refractivity contribution in [2.75, 3.05) is 6.61 Å². The maximum Gasteiger partial charge on any atom is 0.242 e. The van der Waals surface area contributed by atoms with Crippen LogP contribution in [0, 0.1) is 0 Å². The topological polar surface area (TPSA) is 78.4 Å². The van der Waals surface area contributed by atoms with Gasteiger partial charge >= 0.3 is 0 Å². The summed E-state index contributed by atoms with van der Waals surface area (Å²) in [6.45, 7) is -0.0591. The molecule has 1 aromatic rings. The molecule has 3 N–H and O–H groups in total. The molecule has 1 aromatic carbocycles. The molecule has 2 rings (SSSR count). The Morgan fingerprint density at radius 1 is 1.32 bits per heavy atom. The molecule has 5 nitrogen and oxygen atoms in total. The second kappa shape index (κ2) is 6.33. The third kappa shape index (κ3) is 3.79. The largest absolute Gasteiger partial charge is 0.394 e. The molecule has 102 valence electrons. The van der Waals surface area contributed by atoms with Crippen LogP contribution in [0.4, 0.5) is 0 Å². The Kier molecular flexibility index (Phi) is 4.52. The summed E-state index contributed by atoms with van der Waals surface area (Å²) in [5.41, 5.74) is 0.921. The number of piperidine rings is 1. The van der Waals surface area contributed by atoms with Crippen LogP contribution in [0.1, 0.15) is 18.4 Å². The highest BCUT2D eigenvalue weighted by Crippen LogP contribution is 2.09. The second-order valence-corrected chi connectivity index (χ2v) is 4.75. The van der Waals surface area contributed by atoms with Gasteiger partial charge in [-0.3, -0.25) is 9.59 Å². The van der Waals surface area contributed by atoms with E-state index in [0.717, 1.165) is 5.56 Å². The second-order valence-electron chi connectivity index (χ2n) is 4.75. The van der Waals surface area contributed by atoms with Gasteiger partial charge in [0.1, 0.15) is 6.04 Å². The van der Waals surface area contributed by atoms with E-state index in [-0.39, 0.29) is 30.9 Å². The lowest BCUT2D eigenvalue weighted by Gasteiger charge is -2.28. The van der Waals surface area contributed by atoms with Crippen molar-refractivity contribution in [1.29, 1.82) is 0 Å². The van der Waals surface area contributed by atoms with Crippen LogP contribution < -0.4 is 10.6 Å². The summed E-state index contributed by atoms with van der Waals surface area (Å²) in [6, 6.07) is 8.73. The molecular formula is C14H18N2O3. The van der Waals surface area contributed by atoms with Gasteiger partial charge in [0.25, 0.3) is 0 Å². The number of aliphatic hydroxyl groups excluding tert-OH is 1. The summed E-state index contributed by atoms with van der Waals surface area (Å²) < 4.78 is 0. The average molecular weight is 262 g/mol. The predicted octanol–water partition coefficient (Wildman–Crippen LogP) is -0.0152. The third-order valence-corrected chi connectivity index (χ3v) is 3.23. The molecule has 0 saturated carbocycles. The molecular weight excluding hydrogens is 244 g/mol. The van der Waals surface area contributed by atoms with Crippen LogP contribution in [0.15, 0.2) is 30.3 Å². The van der Waals surface area contributed by atoms with Gasteiger partial charge < -0.3 is 15.7 Å². The Labute approximate surface area is 112 Å². The summed E-state index contributed by atoms with van der Waals surface area (Å²) in [4.78, 5) is 23.6. The molecule has 0 spiro atoms. The molecule has 1 heterocycles. The quantitative estimate of drug-likeness (QED) is 0.714. The Morgan fingerprint density at radius 2 is 2.05 bits per heavy atom. The maximum atomic E-state index is 11.8. The number of rotatable bonds is 4. The van der Waals surface area contributed by atoms with E-state index < -0.39 is 6.04 Å². The molecule has 0 aromatic heterocycles. The summed E-state index contributed by atoms with van der Waals surface area (Å²) in [6.07, 6.45) is 1.52. The molecule has 0 aliphatic carbocycles. The number of hydrogen-bond acceptors (Lipinski definition) is 3. The lowest BCUT2D eigenvalue weighted by atomic mass is 10.00. The zero-order valence-electron chi connectivity index (χ0n) is 10.6. The fraction of sp³-hybridized carbons (Fsp3) is 0.429.